The van der Waals surface area contributed by atoms with Crippen LogP contribution in [0, 0.1) is 0 Å². The van der Waals surface area contributed by atoms with Crippen molar-refractivity contribution >= 4 is 59.6 Å². The molecule has 0 radical (unpaired) electrons. The minimum absolute atomic E-state index is 0.0521. The second-order valence-corrected chi connectivity index (χ2v) is 16.4. The Balaban J connectivity index is 1.53. The highest BCUT2D eigenvalue weighted by Crippen LogP contribution is 2.13. The molecule has 0 spiro atoms. The predicted molar refractivity (Wildman–Crippen MR) is 244 cm³/mol. The number of rotatable bonds is 13. The van der Waals surface area contributed by atoms with E-state index < -0.39 is 97.0 Å². The molecule has 4 rings (SSSR count). The third-order valence-electron chi connectivity index (χ3n) is 9.77. The summed E-state index contributed by atoms with van der Waals surface area (Å²) in [7, 11) is 1.35. The molecule has 0 aliphatic carbocycles. The van der Waals surface area contributed by atoms with Gasteiger partial charge in [0.15, 0.2) is 6.61 Å². The first kappa shape index (κ1) is 52.8. The standard InChI is InChI=1S/C47H58N8O13/c1-6-34-43(62)55(5)36(21-14-22-48-44(53-45(63)66-27-30-15-9-7-10-16-30)54-46(64)67-28-31-17-11-8-12-18-31)42(61)50-26-37(56)51-35(24-38(57)65-29-39(58)68-47(2,3)4)41(60)49-25-32-19-13-20-33(23-32)40(59)52-34/h7-13,15-20,23,34-36H,6,14,21-22,24-29H2,1-5H3,(H,49,60)(H,50,61)(H,51,56)(H,52,59)(H2,48,53,54,63,64)/t34-,35+,36+/m1/s1. The fourth-order valence-corrected chi connectivity index (χ4v) is 6.39. The van der Waals surface area contributed by atoms with Gasteiger partial charge in [0.1, 0.15) is 36.9 Å². The number of ether oxygens (including phenoxy) is 4. The second kappa shape index (κ2) is 26.3. The number of carbonyl (C=O) groups excluding carboxylic acids is 9. The van der Waals surface area contributed by atoms with E-state index in [0.29, 0.717) is 16.7 Å². The Bertz CT molecular complexity index is 2230. The summed E-state index contributed by atoms with van der Waals surface area (Å²) in [4.78, 5) is 124. The van der Waals surface area contributed by atoms with E-state index in [1.54, 1.807) is 100 Å². The molecule has 6 N–H and O–H groups in total. The summed E-state index contributed by atoms with van der Waals surface area (Å²) in [6.07, 6.45) is -2.51. The molecule has 0 fully saturated rings. The number of aliphatic imine (C=N–C) groups is 1. The molecule has 0 unspecified atom stereocenters. The number of hydrogen-bond acceptors (Lipinski definition) is 14. The molecule has 21 nitrogen and oxygen atoms in total. The van der Waals surface area contributed by atoms with Crippen LogP contribution in [0.3, 0.4) is 0 Å². The summed E-state index contributed by atoms with van der Waals surface area (Å²) >= 11 is 0. The average Bonchev–Trinajstić information content (AvgIpc) is 3.31. The van der Waals surface area contributed by atoms with Gasteiger partial charge in [-0.3, -0.25) is 44.4 Å². The molecular weight excluding hydrogens is 885 g/mol. The van der Waals surface area contributed by atoms with E-state index in [-0.39, 0.29) is 57.1 Å². The van der Waals surface area contributed by atoms with E-state index in [9.17, 15) is 43.2 Å². The van der Waals surface area contributed by atoms with Crippen LogP contribution in [0.5, 0.6) is 0 Å². The zero-order valence-electron chi connectivity index (χ0n) is 38.6. The number of fused-ring (bicyclic) bond motifs is 2. The van der Waals surface area contributed by atoms with Crippen molar-refractivity contribution in [2.24, 2.45) is 4.99 Å². The maximum atomic E-state index is 14.0. The number of alkyl carbamates (subject to hydrolysis) is 2. The number of nitrogens with one attached hydrogen (secondary N) is 6. The second-order valence-electron chi connectivity index (χ2n) is 16.4. The molecule has 21 heteroatoms. The number of carbonyl (C=O) groups is 9. The normalized spacial score (nSPS) is 17.0. The van der Waals surface area contributed by atoms with Gasteiger partial charge in [-0.2, -0.15) is 0 Å². The highest BCUT2D eigenvalue weighted by molar-refractivity contribution is 6.01. The molecule has 68 heavy (non-hydrogen) atoms. The number of esters is 2. The first-order valence-corrected chi connectivity index (χ1v) is 21.8. The number of guanidine groups is 1. The van der Waals surface area contributed by atoms with Crippen LogP contribution in [-0.2, 0) is 67.5 Å². The van der Waals surface area contributed by atoms with E-state index in [4.69, 9.17) is 18.9 Å². The van der Waals surface area contributed by atoms with Gasteiger partial charge in [0.05, 0.1) is 13.0 Å². The lowest BCUT2D eigenvalue weighted by Crippen LogP contribution is -2.56. The lowest BCUT2D eigenvalue weighted by atomic mass is 10.1. The van der Waals surface area contributed by atoms with E-state index >= 15 is 0 Å². The molecule has 0 saturated heterocycles. The number of nitrogens with zero attached hydrogens (tertiary/aromatic N) is 2. The average molecular weight is 943 g/mol. The predicted octanol–water partition coefficient (Wildman–Crippen LogP) is 2.52. The monoisotopic (exact) mass is 942 g/mol. The Kier molecular flexibility index (Phi) is 20.4. The highest BCUT2D eigenvalue weighted by atomic mass is 16.6. The third-order valence-corrected chi connectivity index (χ3v) is 9.77. The van der Waals surface area contributed by atoms with Gasteiger partial charge in [0, 0.05) is 25.7 Å². The lowest BCUT2D eigenvalue weighted by molar-refractivity contribution is -0.166. The summed E-state index contributed by atoms with van der Waals surface area (Å²) in [6, 6.07) is 20.0. The van der Waals surface area contributed by atoms with Gasteiger partial charge in [-0.15, -0.1) is 0 Å². The molecule has 7 amide bonds. The van der Waals surface area contributed by atoms with E-state index in [1.165, 1.54) is 19.2 Å². The summed E-state index contributed by atoms with van der Waals surface area (Å²) in [5, 5.41) is 15.0. The largest absolute Gasteiger partial charge is 0.457 e. The zero-order chi connectivity index (χ0) is 49.6. The summed E-state index contributed by atoms with van der Waals surface area (Å²) < 4.78 is 20.7. The minimum Gasteiger partial charge on any atom is -0.457 e. The number of amides is 7. The molecule has 1 aliphatic heterocycles. The fraction of sp³-hybridized carbons (Fsp3) is 0.404. The van der Waals surface area contributed by atoms with Crippen LogP contribution >= 0.6 is 0 Å². The van der Waals surface area contributed by atoms with Crippen LogP contribution in [0.15, 0.2) is 89.9 Å². The van der Waals surface area contributed by atoms with Crippen molar-refractivity contribution in [3.63, 3.8) is 0 Å². The maximum absolute atomic E-state index is 14.0. The Labute approximate surface area is 393 Å². The first-order valence-electron chi connectivity index (χ1n) is 21.8. The number of hydrogen-bond donors (Lipinski definition) is 6. The maximum Gasteiger partial charge on any atom is 0.414 e. The molecule has 1 heterocycles. The van der Waals surface area contributed by atoms with Crippen molar-refractivity contribution in [2.45, 2.75) is 96.9 Å². The van der Waals surface area contributed by atoms with Gasteiger partial charge in [0.25, 0.3) is 5.91 Å². The van der Waals surface area contributed by atoms with Gasteiger partial charge >= 0.3 is 24.1 Å². The van der Waals surface area contributed by atoms with Crippen LogP contribution in [0.2, 0.25) is 0 Å². The van der Waals surface area contributed by atoms with Gasteiger partial charge in [-0.25, -0.2) is 14.4 Å². The quantitative estimate of drug-likeness (QED) is 0.0473. The smallest absolute Gasteiger partial charge is 0.414 e. The Morgan fingerprint density at radius 2 is 1.34 bits per heavy atom. The summed E-state index contributed by atoms with van der Waals surface area (Å²) in [6.45, 7) is 4.65. The Hall–Kier alpha value is -7.84. The van der Waals surface area contributed by atoms with Crippen molar-refractivity contribution in [1.82, 2.24) is 36.8 Å². The van der Waals surface area contributed by atoms with Crippen LogP contribution in [0.4, 0.5) is 9.59 Å². The Morgan fingerprint density at radius 1 is 0.735 bits per heavy atom. The van der Waals surface area contributed by atoms with Crippen molar-refractivity contribution in [3.05, 3.63) is 107 Å². The highest BCUT2D eigenvalue weighted by Gasteiger charge is 2.33. The lowest BCUT2D eigenvalue weighted by Gasteiger charge is -2.30. The van der Waals surface area contributed by atoms with Crippen LogP contribution in [0.1, 0.15) is 80.4 Å². The molecule has 2 bridgehead atoms. The van der Waals surface area contributed by atoms with Crippen LogP contribution < -0.4 is 31.9 Å². The van der Waals surface area contributed by atoms with E-state index in [1.807, 2.05) is 0 Å². The van der Waals surface area contributed by atoms with Crippen molar-refractivity contribution in [2.75, 3.05) is 26.7 Å². The molecule has 0 saturated carbocycles. The van der Waals surface area contributed by atoms with Gasteiger partial charge in [0.2, 0.25) is 29.6 Å². The van der Waals surface area contributed by atoms with E-state index in [2.05, 4.69) is 36.9 Å². The minimum atomic E-state index is -1.54. The molecule has 1 aliphatic rings. The zero-order valence-corrected chi connectivity index (χ0v) is 38.6. The van der Waals surface area contributed by atoms with Crippen molar-refractivity contribution < 1.29 is 62.1 Å². The van der Waals surface area contributed by atoms with Crippen molar-refractivity contribution in [1.29, 1.82) is 0 Å². The number of likely N-dealkylation sites (N-methyl/N-ethyl adjacent to an activating group) is 1. The van der Waals surface area contributed by atoms with Gasteiger partial charge < -0.3 is 45.1 Å². The molecule has 3 aromatic rings. The third kappa shape index (κ3) is 18.6. The first-order chi connectivity index (χ1) is 32.4. The summed E-state index contributed by atoms with van der Waals surface area (Å²) in [5.41, 5.74) is 1.17. The SMILES string of the molecule is CC[C@H]1NC(=O)c2cccc(c2)CNC(=O)[C@H](CC(=O)OCC(=O)OC(C)(C)C)NC(=O)CNC(=O)[C@H](CCCN=C(NC(=O)OCc2ccccc2)NC(=O)OCc2ccccc2)N(C)C1=O. The molecule has 0 aromatic heterocycles. The Morgan fingerprint density at radius 3 is 1.93 bits per heavy atom. The molecule has 364 valence electrons. The number of benzene rings is 3. The molecule has 3 aromatic carbocycles. The fourth-order valence-electron chi connectivity index (χ4n) is 6.39. The van der Waals surface area contributed by atoms with Crippen LogP contribution in [-0.4, -0.2) is 115 Å². The summed E-state index contributed by atoms with van der Waals surface area (Å²) in [5.74, 6) is -5.94. The molecule has 3 atom stereocenters. The van der Waals surface area contributed by atoms with Gasteiger partial charge in [-0.05, 0) is 68.9 Å². The van der Waals surface area contributed by atoms with Crippen LogP contribution in [0.25, 0.3) is 0 Å². The topological polar surface area (TPSA) is 278 Å². The van der Waals surface area contributed by atoms with Gasteiger partial charge in [-0.1, -0.05) is 79.7 Å². The molecular formula is C47H58N8O13. The van der Waals surface area contributed by atoms with E-state index in [0.717, 1.165) is 4.90 Å². The van der Waals surface area contributed by atoms with Crippen molar-refractivity contribution in [3.8, 4) is 0 Å².